The summed E-state index contributed by atoms with van der Waals surface area (Å²) in [6.07, 6.45) is 2.35. The molecule has 2 aromatic rings. The number of nitrogens with zero attached hydrogens (tertiary/aromatic N) is 1. The van der Waals surface area contributed by atoms with Gasteiger partial charge in [-0.25, -0.2) is 19.2 Å². The third-order valence-corrected chi connectivity index (χ3v) is 16.5. The predicted octanol–water partition coefficient (Wildman–Crippen LogP) is 6.95. The molecule has 3 atom stereocenters. The Kier molecular flexibility index (Phi) is 21.0. The number of hydrogen-bond acceptors (Lipinski definition) is 12. The summed E-state index contributed by atoms with van der Waals surface area (Å²) in [7, 11) is -2.85. The Balaban J connectivity index is 1.78. The molecule has 60 heavy (non-hydrogen) atoms. The lowest BCUT2D eigenvalue weighted by Gasteiger charge is -2.45. The number of ether oxygens (including phenoxy) is 4. The van der Waals surface area contributed by atoms with E-state index in [1.807, 2.05) is 36.4 Å². The van der Waals surface area contributed by atoms with Crippen molar-refractivity contribution in [1.82, 2.24) is 16.0 Å². The summed E-state index contributed by atoms with van der Waals surface area (Å²) in [5.74, 6) is -2.58. The van der Waals surface area contributed by atoms with Crippen molar-refractivity contribution in [2.75, 3.05) is 13.2 Å². The van der Waals surface area contributed by atoms with Crippen LogP contribution in [-0.2, 0) is 51.0 Å². The van der Waals surface area contributed by atoms with Crippen LogP contribution in [0.15, 0.2) is 78.3 Å². The first-order chi connectivity index (χ1) is 28.7. The molecule has 3 amide bonds. The second kappa shape index (κ2) is 25.5. The summed E-state index contributed by atoms with van der Waals surface area (Å²) in [6, 6.07) is 15.4. The van der Waals surface area contributed by atoms with Crippen molar-refractivity contribution >= 4 is 44.3 Å². The van der Waals surface area contributed by atoms with E-state index >= 15 is 0 Å². The van der Waals surface area contributed by atoms with Crippen molar-refractivity contribution in [3.05, 3.63) is 84.4 Å². The van der Waals surface area contributed by atoms with Crippen molar-refractivity contribution in [2.45, 2.75) is 141 Å². The number of esters is 2. The zero-order chi connectivity index (χ0) is 44.1. The predicted molar refractivity (Wildman–Crippen MR) is 231 cm³/mol. The van der Waals surface area contributed by atoms with E-state index < -0.39 is 56.5 Å². The number of nitrogens with two attached hydrogens (primary N) is 1. The highest BCUT2D eigenvalue weighted by Gasteiger charge is 2.51. The SMILES string of the molecule is C=CCOC(=O)[C@H](NC(=O)[C@@H](N)CCCN=C(NC(=O)OCc1ccccc1)NC(=O)OCc1ccccc1)[C@@H](O[Si](C(C)C)(C(C)C)C(C)C)C(=O)OC1CCCCC1. The van der Waals surface area contributed by atoms with Crippen LogP contribution in [-0.4, -0.2) is 81.8 Å². The van der Waals surface area contributed by atoms with E-state index in [9.17, 15) is 24.0 Å². The van der Waals surface area contributed by atoms with Gasteiger partial charge in [0.25, 0.3) is 0 Å². The van der Waals surface area contributed by atoms with Crippen LogP contribution in [0.4, 0.5) is 9.59 Å². The van der Waals surface area contributed by atoms with Gasteiger partial charge in [-0.3, -0.25) is 20.4 Å². The molecular weight excluding hydrogens is 787 g/mol. The van der Waals surface area contributed by atoms with E-state index in [1.165, 1.54) is 6.08 Å². The van der Waals surface area contributed by atoms with Crippen molar-refractivity contribution in [2.24, 2.45) is 10.7 Å². The number of rotatable bonds is 21. The molecule has 1 saturated carbocycles. The molecule has 0 aliphatic heterocycles. The van der Waals surface area contributed by atoms with Gasteiger partial charge in [-0.1, -0.05) is 121 Å². The molecule has 15 nitrogen and oxygen atoms in total. The molecule has 0 unspecified atom stereocenters. The molecule has 0 bridgehead atoms. The normalized spacial score (nSPS) is 14.6. The lowest BCUT2D eigenvalue weighted by Crippen LogP contribution is -2.62. The first-order valence-electron chi connectivity index (χ1n) is 20.9. The summed E-state index contributed by atoms with van der Waals surface area (Å²) in [5, 5.41) is 7.54. The third-order valence-electron chi connectivity index (χ3n) is 10.4. The molecule has 3 rings (SSSR count). The van der Waals surface area contributed by atoms with Gasteiger partial charge in [0.1, 0.15) is 25.9 Å². The second-order valence-corrected chi connectivity index (χ2v) is 21.2. The largest absolute Gasteiger partial charge is 0.460 e. The van der Waals surface area contributed by atoms with E-state index in [0.29, 0.717) is 12.8 Å². The lowest BCUT2D eigenvalue weighted by atomic mass is 9.98. The number of amides is 3. The number of alkyl carbamates (subject to hydrolysis) is 2. The number of benzene rings is 2. The van der Waals surface area contributed by atoms with Crippen LogP contribution in [0.3, 0.4) is 0 Å². The third kappa shape index (κ3) is 15.8. The van der Waals surface area contributed by atoms with Crippen LogP contribution in [0, 0.1) is 0 Å². The summed E-state index contributed by atoms with van der Waals surface area (Å²) in [5.41, 5.74) is 8.00. The van der Waals surface area contributed by atoms with Crippen LogP contribution >= 0.6 is 0 Å². The minimum atomic E-state index is -2.85. The first-order valence-corrected chi connectivity index (χ1v) is 23.0. The van der Waals surface area contributed by atoms with Gasteiger partial charge in [-0.2, -0.15) is 0 Å². The summed E-state index contributed by atoms with van der Waals surface area (Å²) in [4.78, 5) is 71.4. The molecule has 0 saturated heterocycles. The van der Waals surface area contributed by atoms with Crippen molar-refractivity contribution < 1.29 is 47.3 Å². The van der Waals surface area contributed by atoms with Crippen LogP contribution < -0.4 is 21.7 Å². The fourth-order valence-electron chi connectivity index (χ4n) is 7.50. The van der Waals surface area contributed by atoms with Gasteiger partial charge in [0.2, 0.25) is 20.2 Å². The number of hydrogen-bond donors (Lipinski definition) is 4. The van der Waals surface area contributed by atoms with E-state index in [4.69, 9.17) is 29.1 Å². The average Bonchev–Trinajstić information content (AvgIpc) is 3.23. The topological polar surface area (TPSA) is 206 Å². The van der Waals surface area contributed by atoms with E-state index in [0.717, 1.165) is 30.4 Å². The molecule has 2 aromatic carbocycles. The molecule has 0 heterocycles. The van der Waals surface area contributed by atoms with Crippen molar-refractivity contribution in [3.63, 3.8) is 0 Å². The highest BCUT2D eigenvalue weighted by Crippen LogP contribution is 2.43. The quantitative estimate of drug-likeness (QED) is 0.0192. The van der Waals surface area contributed by atoms with E-state index in [-0.39, 0.29) is 67.9 Å². The fraction of sp³-hybridized carbons (Fsp3) is 0.545. The lowest BCUT2D eigenvalue weighted by molar-refractivity contribution is -0.167. The fourth-order valence-corrected chi connectivity index (χ4v) is 13.0. The van der Waals surface area contributed by atoms with Crippen LogP contribution in [0.5, 0.6) is 0 Å². The van der Waals surface area contributed by atoms with Gasteiger partial charge in [-0.05, 0) is 66.3 Å². The maximum Gasteiger partial charge on any atom is 0.414 e. The number of carbonyl (C=O) groups is 5. The number of carbonyl (C=O) groups excluding carboxylic acids is 5. The maximum atomic E-state index is 14.2. The Labute approximate surface area is 355 Å². The molecular formula is C44H65N5O10Si. The smallest absolute Gasteiger partial charge is 0.414 e. The summed E-state index contributed by atoms with van der Waals surface area (Å²) >= 11 is 0. The molecule has 1 aliphatic carbocycles. The average molecular weight is 852 g/mol. The first kappa shape index (κ1) is 49.3. The molecule has 0 aromatic heterocycles. The Morgan fingerprint density at radius 2 is 1.30 bits per heavy atom. The summed E-state index contributed by atoms with van der Waals surface area (Å²) in [6.45, 7) is 15.7. The Hall–Kier alpha value is -5.06. The standard InChI is InChI=1S/C44H65N5O10Si/c1-8-27-55-40(51)37(38(41(52)58-35-23-16-11-17-24-35)59-60(30(2)3,31(4)5)32(6)7)47-39(50)36(45)25-18-26-46-42(48-43(53)56-28-33-19-12-9-13-20-33)49-44(54)57-29-34-21-14-10-15-22-34/h8-10,12-15,19-22,30-32,35-38H,1,11,16-18,23-29,45H2,2-7H3,(H,47,50)(H2,46,48,49,53,54)/t36-,37+,38+/m0/s1. The van der Waals surface area contributed by atoms with Gasteiger partial charge < -0.3 is 34.4 Å². The maximum absolute atomic E-state index is 14.2. The Morgan fingerprint density at radius 1 is 0.783 bits per heavy atom. The van der Waals surface area contributed by atoms with Crippen LogP contribution in [0.25, 0.3) is 0 Å². The molecule has 5 N–H and O–H groups in total. The van der Waals surface area contributed by atoms with Crippen LogP contribution in [0.2, 0.25) is 16.6 Å². The monoisotopic (exact) mass is 851 g/mol. The van der Waals surface area contributed by atoms with Crippen LogP contribution in [0.1, 0.15) is 97.6 Å². The van der Waals surface area contributed by atoms with Crippen molar-refractivity contribution in [1.29, 1.82) is 0 Å². The minimum absolute atomic E-state index is 0.00375. The Bertz CT molecular complexity index is 1620. The number of aliphatic imine (C=N–C) groups is 1. The van der Waals surface area contributed by atoms with Gasteiger partial charge >= 0.3 is 24.1 Å². The minimum Gasteiger partial charge on any atom is -0.460 e. The Morgan fingerprint density at radius 3 is 1.78 bits per heavy atom. The molecule has 330 valence electrons. The van der Waals surface area contributed by atoms with E-state index in [1.54, 1.807) is 24.3 Å². The van der Waals surface area contributed by atoms with E-state index in [2.05, 4.69) is 69.1 Å². The zero-order valence-electron chi connectivity index (χ0n) is 36.0. The molecule has 0 spiro atoms. The van der Waals surface area contributed by atoms with Crippen molar-refractivity contribution in [3.8, 4) is 0 Å². The molecule has 16 heteroatoms. The number of nitrogens with one attached hydrogen (secondary N) is 3. The zero-order valence-corrected chi connectivity index (χ0v) is 37.0. The van der Waals surface area contributed by atoms with Gasteiger partial charge in [0.15, 0.2) is 12.1 Å². The summed E-state index contributed by atoms with van der Waals surface area (Å²) < 4.78 is 28.9. The second-order valence-electron chi connectivity index (χ2n) is 15.8. The molecule has 1 aliphatic rings. The highest BCUT2D eigenvalue weighted by atomic mass is 28.4. The number of guanidine groups is 1. The van der Waals surface area contributed by atoms with Gasteiger partial charge in [-0.15, -0.1) is 0 Å². The van der Waals surface area contributed by atoms with Gasteiger partial charge in [0, 0.05) is 6.54 Å². The molecule has 1 fully saturated rings. The van der Waals surface area contributed by atoms with Gasteiger partial charge in [0.05, 0.1) is 6.04 Å². The highest BCUT2D eigenvalue weighted by molar-refractivity contribution is 6.77. The molecule has 0 radical (unpaired) electrons.